The standard InChI is InChI=1S/C22H20N4O4/c27-20(12-7-15-26-18-10-3-4-11-19(18)30-22(26)29)23-24-21(28)16-8-1-2-9-17(16)25-13-5-6-14-25/h1-6,8-11,13-14H,7,12,15H2,(H,23,27)(H,24,28). The van der Waals surface area contributed by atoms with Gasteiger partial charge in [0.25, 0.3) is 5.91 Å². The van der Waals surface area contributed by atoms with Crippen molar-refractivity contribution >= 4 is 22.9 Å². The van der Waals surface area contributed by atoms with E-state index in [1.54, 1.807) is 30.3 Å². The van der Waals surface area contributed by atoms with Crippen LogP contribution in [0.4, 0.5) is 0 Å². The average molecular weight is 404 g/mol. The van der Waals surface area contributed by atoms with Crippen LogP contribution in [0.5, 0.6) is 0 Å². The molecule has 0 aliphatic carbocycles. The van der Waals surface area contributed by atoms with Crippen LogP contribution < -0.4 is 16.6 Å². The molecule has 0 saturated heterocycles. The number of carbonyl (C=O) groups excluding carboxylic acids is 2. The highest BCUT2D eigenvalue weighted by molar-refractivity contribution is 5.98. The molecule has 0 bridgehead atoms. The molecule has 0 aliphatic heterocycles. The highest BCUT2D eigenvalue weighted by Gasteiger charge is 2.13. The quantitative estimate of drug-likeness (QED) is 0.483. The number of amides is 2. The number of carbonyl (C=O) groups is 2. The van der Waals surface area contributed by atoms with Crippen LogP contribution in [0.15, 0.2) is 82.3 Å². The van der Waals surface area contributed by atoms with Crippen molar-refractivity contribution in [2.45, 2.75) is 19.4 Å². The van der Waals surface area contributed by atoms with Gasteiger partial charge in [-0.05, 0) is 42.8 Å². The molecule has 0 fully saturated rings. The maximum absolute atomic E-state index is 12.5. The van der Waals surface area contributed by atoms with Gasteiger partial charge in [-0.2, -0.15) is 0 Å². The smallest absolute Gasteiger partial charge is 0.408 e. The first-order chi connectivity index (χ1) is 14.6. The number of hydrazine groups is 1. The summed E-state index contributed by atoms with van der Waals surface area (Å²) in [6, 6.07) is 18.0. The molecule has 0 radical (unpaired) electrons. The Kier molecular flexibility index (Phi) is 5.47. The second kappa shape index (κ2) is 8.52. The lowest BCUT2D eigenvalue weighted by Gasteiger charge is -2.12. The molecular formula is C22H20N4O4. The molecule has 0 spiro atoms. The van der Waals surface area contributed by atoms with Crippen LogP contribution in [0.2, 0.25) is 0 Å². The molecule has 2 aromatic heterocycles. The number of oxazole rings is 1. The number of aromatic nitrogens is 2. The molecule has 0 aliphatic rings. The monoisotopic (exact) mass is 404 g/mol. The van der Waals surface area contributed by atoms with E-state index in [4.69, 9.17) is 4.42 Å². The van der Waals surface area contributed by atoms with Crippen molar-refractivity contribution in [1.29, 1.82) is 0 Å². The van der Waals surface area contributed by atoms with E-state index in [1.807, 2.05) is 47.3 Å². The molecule has 8 nitrogen and oxygen atoms in total. The van der Waals surface area contributed by atoms with Gasteiger partial charge in [-0.15, -0.1) is 0 Å². The van der Waals surface area contributed by atoms with Crippen LogP contribution in [0.25, 0.3) is 16.8 Å². The third-order valence-electron chi connectivity index (χ3n) is 4.71. The molecule has 0 atom stereocenters. The number of aryl methyl sites for hydroxylation is 1. The lowest BCUT2D eigenvalue weighted by atomic mass is 10.1. The maximum atomic E-state index is 12.5. The van der Waals surface area contributed by atoms with Crippen molar-refractivity contribution < 1.29 is 14.0 Å². The Labute approximate surface area is 171 Å². The van der Waals surface area contributed by atoms with Gasteiger partial charge in [0, 0.05) is 25.4 Å². The Bertz CT molecular complexity index is 1240. The Morgan fingerprint density at radius 3 is 2.47 bits per heavy atom. The first-order valence-electron chi connectivity index (χ1n) is 9.53. The second-order valence-corrected chi connectivity index (χ2v) is 6.70. The second-order valence-electron chi connectivity index (χ2n) is 6.70. The summed E-state index contributed by atoms with van der Waals surface area (Å²) in [5.74, 6) is -1.21. The molecule has 4 rings (SSSR count). The molecule has 0 unspecified atom stereocenters. The molecule has 4 aromatic rings. The van der Waals surface area contributed by atoms with Gasteiger partial charge in [-0.25, -0.2) is 4.79 Å². The SMILES string of the molecule is O=C(CCCn1c(=O)oc2ccccc21)NNC(=O)c1ccccc1-n1cccc1. The van der Waals surface area contributed by atoms with Gasteiger partial charge in [0.05, 0.1) is 16.8 Å². The van der Waals surface area contributed by atoms with Crippen LogP contribution in [0, 0.1) is 0 Å². The van der Waals surface area contributed by atoms with Crippen molar-refractivity contribution in [1.82, 2.24) is 20.0 Å². The van der Waals surface area contributed by atoms with E-state index in [0.29, 0.717) is 35.3 Å². The predicted octanol–water partition coefficient (Wildman–Crippen LogP) is 2.63. The van der Waals surface area contributed by atoms with E-state index in [2.05, 4.69) is 10.9 Å². The van der Waals surface area contributed by atoms with E-state index in [1.165, 1.54) is 4.57 Å². The van der Waals surface area contributed by atoms with Crippen LogP contribution in [-0.4, -0.2) is 20.9 Å². The summed E-state index contributed by atoms with van der Waals surface area (Å²) in [6.45, 7) is 0.341. The number of benzene rings is 2. The summed E-state index contributed by atoms with van der Waals surface area (Å²) in [5.41, 5.74) is 7.22. The van der Waals surface area contributed by atoms with E-state index in [0.717, 1.165) is 0 Å². The molecule has 2 amide bonds. The van der Waals surface area contributed by atoms with Gasteiger partial charge in [0.2, 0.25) is 5.91 Å². The van der Waals surface area contributed by atoms with Crippen LogP contribution in [0.3, 0.4) is 0 Å². The Hall–Kier alpha value is -4.07. The average Bonchev–Trinajstić information content (AvgIpc) is 3.40. The zero-order valence-electron chi connectivity index (χ0n) is 16.1. The van der Waals surface area contributed by atoms with E-state index in [-0.39, 0.29) is 12.3 Å². The number of nitrogens with zero attached hydrogens (tertiary/aromatic N) is 2. The number of nitrogens with one attached hydrogen (secondary N) is 2. The molecular weight excluding hydrogens is 384 g/mol. The Morgan fingerprint density at radius 2 is 1.63 bits per heavy atom. The van der Waals surface area contributed by atoms with Crippen molar-refractivity contribution in [3.8, 4) is 5.69 Å². The fourth-order valence-corrected chi connectivity index (χ4v) is 3.27. The third kappa shape index (κ3) is 4.02. The first-order valence-corrected chi connectivity index (χ1v) is 9.53. The van der Waals surface area contributed by atoms with Gasteiger partial charge < -0.3 is 8.98 Å². The number of hydrogen-bond donors (Lipinski definition) is 2. The number of hydrogen-bond acceptors (Lipinski definition) is 4. The van der Waals surface area contributed by atoms with Crippen molar-refractivity contribution in [3.63, 3.8) is 0 Å². The van der Waals surface area contributed by atoms with Gasteiger partial charge in [-0.3, -0.25) is 25.0 Å². The Balaban J connectivity index is 1.32. The lowest BCUT2D eigenvalue weighted by molar-refractivity contribution is -0.122. The van der Waals surface area contributed by atoms with Crippen LogP contribution >= 0.6 is 0 Å². The maximum Gasteiger partial charge on any atom is 0.419 e. The lowest BCUT2D eigenvalue weighted by Crippen LogP contribution is -2.42. The van der Waals surface area contributed by atoms with Crippen molar-refractivity contribution in [3.05, 3.63) is 89.2 Å². The largest absolute Gasteiger partial charge is 0.419 e. The summed E-state index contributed by atoms with van der Waals surface area (Å²) in [6.07, 6.45) is 4.25. The minimum absolute atomic E-state index is 0.144. The summed E-state index contributed by atoms with van der Waals surface area (Å²) in [4.78, 5) is 36.6. The fraction of sp³-hybridized carbons (Fsp3) is 0.136. The molecule has 2 N–H and O–H groups in total. The van der Waals surface area contributed by atoms with Crippen molar-refractivity contribution in [2.24, 2.45) is 0 Å². The third-order valence-corrected chi connectivity index (χ3v) is 4.71. The zero-order chi connectivity index (χ0) is 20.9. The van der Waals surface area contributed by atoms with Crippen molar-refractivity contribution in [2.75, 3.05) is 0 Å². The molecule has 2 heterocycles. The van der Waals surface area contributed by atoms with E-state index in [9.17, 15) is 14.4 Å². The summed E-state index contributed by atoms with van der Waals surface area (Å²) >= 11 is 0. The summed E-state index contributed by atoms with van der Waals surface area (Å²) < 4.78 is 8.49. The van der Waals surface area contributed by atoms with Gasteiger partial charge >= 0.3 is 5.76 Å². The summed E-state index contributed by atoms with van der Waals surface area (Å²) in [5, 5.41) is 0. The topological polar surface area (TPSA) is 98.3 Å². The van der Waals surface area contributed by atoms with Crippen LogP contribution in [-0.2, 0) is 11.3 Å². The van der Waals surface area contributed by atoms with Gasteiger partial charge in [0.15, 0.2) is 5.58 Å². The minimum atomic E-state index is -0.452. The van der Waals surface area contributed by atoms with Crippen LogP contribution in [0.1, 0.15) is 23.2 Å². The molecule has 2 aromatic carbocycles. The summed E-state index contributed by atoms with van der Waals surface area (Å²) in [7, 11) is 0. The number of para-hydroxylation sites is 3. The number of rotatable bonds is 6. The zero-order valence-corrected chi connectivity index (χ0v) is 16.1. The first kappa shape index (κ1) is 19.3. The van der Waals surface area contributed by atoms with Gasteiger partial charge in [0.1, 0.15) is 0 Å². The predicted molar refractivity (Wildman–Crippen MR) is 111 cm³/mol. The highest BCUT2D eigenvalue weighted by atomic mass is 16.4. The van der Waals surface area contributed by atoms with E-state index < -0.39 is 11.7 Å². The van der Waals surface area contributed by atoms with E-state index >= 15 is 0 Å². The highest BCUT2D eigenvalue weighted by Crippen LogP contribution is 2.14. The van der Waals surface area contributed by atoms with Gasteiger partial charge in [-0.1, -0.05) is 24.3 Å². The minimum Gasteiger partial charge on any atom is -0.408 e. The number of fused-ring (bicyclic) bond motifs is 1. The normalized spacial score (nSPS) is 10.8. The Morgan fingerprint density at radius 1 is 0.900 bits per heavy atom. The fourth-order valence-electron chi connectivity index (χ4n) is 3.27. The molecule has 152 valence electrons. The molecule has 8 heteroatoms. The molecule has 0 saturated carbocycles. The molecule has 30 heavy (non-hydrogen) atoms.